The third-order valence-electron chi connectivity index (χ3n) is 3.08. The van der Waals surface area contributed by atoms with Crippen molar-refractivity contribution in [1.29, 1.82) is 0 Å². The molecule has 1 saturated heterocycles. The second-order valence-corrected chi connectivity index (χ2v) is 6.75. The number of hydroxylamine groups is 2. The molecule has 0 aromatic rings. The van der Waals surface area contributed by atoms with Crippen molar-refractivity contribution < 1.29 is 43.0 Å². The van der Waals surface area contributed by atoms with E-state index in [4.69, 9.17) is 18.9 Å². The summed E-state index contributed by atoms with van der Waals surface area (Å²) in [6.45, 7) is 6.60. The number of imide groups is 1. The fraction of sp³-hybridized carbons (Fsp3) is 0.765. The summed E-state index contributed by atoms with van der Waals surface area (Å²) >= 11 is 0. The van der Waals surface area contributed by atoms with Gasteiger partial charge in [-0.05, 0) is 20.8 Å². The lowest BCUT2D eigenvalue weighted by atomic mass is 10.2. The molecular formula is C17H28N2O9. The summed E-state index contributed by atoms with van der Waals surface area (Å²) in [4.78, 5) is 50.0. The summed E-state index contributed by atoms with van der Waals surface area (Å²) in [7, 11) is 0. The molecule has 11 heteroatoms. The molecule has 0 bridgehead atoms. The van der Waals surface area contributed by atoms with Gasteiger partial charge < -0.3 is 29.1 Å². The highest BCUT2D eigenvalue weighted by Crippen LogP contribution is 2.12. The Kier molecular flexibility index (Phi) is 10.4. The van der Waals surface area contributed by atoms with Crippen LogP contribution in [-0.2, 0) is 38.2 Å². The zero-order valence-corrected chi connectivity index (χ0v) is 16.5. The van der Waals surface area contributed by atoms with Crippen molar-refractivity contribution in [2.45, 2.75) is 39.2 Å². The minimum Gasteiger partial charge on any atom is -0.444 e. The number of rotatable bonds is 12. The number of ether oxygens (including phenoxy) is 4. The summed E-state index contributed by atoms with van der Waals surface area (Å²) in [5, 5.41) is 3.03. The minimum atomic E-state index is -0.829. The molecule has 1 aliphatic rings. The van der Waals surface area contributed by atoms with E-state index in [1.807, 2.05) is 0 Å². The molecular weight excluding hydrogens is 376 g/mol. The fourth-order valence-electron chi connectivity index (χ4n) is 1.92. The van der Waals surface area contributed by atoms with Gasteiger partial charge in [0.05, 0.1) is 33.0 Å². The largest absolute Gasteiger partial charge is 0.444 e. The minimum absolute atomic E-state index is 0.0416. The number of carbonyl (C=O) groups is 4. The van der Waals surface area contributed by atoms with Crippen molar-refractivity contribution in [2.24, 2.45) is 0 Å². The zero-order valence-electron chi connectivity index (χ0n) is 16.5. The molecule has 3 amide bonds. The van der Waals surface area contributed by atoms with Crippen LogP contribution in [0.1, 0.15) is 33.6 Å². The number of alkyl carbamates (subject to hydrolysis) is 1. The molecule has 0 spiro atoms. The van der Waals surface area contributed by atoms with Gasteiger partial charge in [-0.3, -0.25) is 9.59 Å². The molecule has 11 nitrogen and oxygen atoms in total. The Bertz CT molecular complexity index is 529. The lowest BCUT2D eigenvalue weighted by Crippen LogP contribution is -2.34. The Labute approximate surface area is 163 Å². The summed E-state index contributed by atoms with van der Waals surface area (Å²) < 4.78 is 20.6. The van der Waals surface area contributed by atoms with E-state index in [1.165, 1.54) is 0 Å². The number of amides is 3. The Morgan fingerprint density at radius 3 is 2.04 bits per heavy atom. The molecule has 1 aliphatic heterocycles. The topological polar surface area (TPSA) is 130 Å². The van der Waals surface area contributed by atoms with E-state index < -0.39 is 36.1 Å². The van der Waals surface area contributed by atoms with Crippen LogP contribution in [0.5, 0.6) is 0 Å². The molecule has 28 heavy (non-hydrogen) atoms. The number of nitrogens with zero attached hydrogens (tertiary/aromatic N) is 1. The van der Waals surface area contributed by atoms with Crippen LogP contribution in [0.15, 0.2) is 0 Å². The normalized spacial score (nSPS) is 14.3. The molecule has 160 valence electrons. The van der Waals surface area contributed by atoms with Crippen LogP contribution in [0.25, 0.3) is 0 Å². The first-order valence-corrected chi connectivity index (χ1v) is 8.95. The molecule has 1 rings (SSSR count). The molecule has 0 aromatic carbocycles. The Morgan fingerprint density at radius 1 is 0.929 bits per heavy atom. The summed E-state index contributed by atoms with van der Waals surface area (Å²) in [6, 6.07) is 0. The Balaban J connectivity index is 1.89. The zero-order chi connectivity index (χ0) is 21.0. The number of hydrogen-bond acceptors (Lipinski definition) is 9. The van der Waals surface area contributed by atoms with E-state index >= 15 is 0 Å². The summed E-state index contributed by atoms with van der Waals surface area (Å²) in [5.74, 6) is -1.91. The number of nitrogens with one attached hydrogen (secondary N) is 1. The van der Waals surface area contributed by atoms with Crippen molar-refractivity contribution in [1.82, 2.24) is 10.4 Å². The number of carbonyl (C=O) groups excluding carboxylic acids is 4. The van der Waals surface area contributed by atoms with Crippen LogP contribution < -0.4 is 5.32 Å². The third-order valence-corrected chi connectivity index (χ3v) is 3.08. The van der Waals surface area contributed by atoms with Crippen molar-refractivity contribution in [3.8, 4) is 0 Å². The first kappa shape index (κ1) is 23.8. The molecule has 0 saturated carbocycles. The van der Waals surface area contributed by atoms with Crippen LogP contribution >= 0.6 is 0 Å². The second kappa shape index (κ2) is 12.3. The van der Waals surface area contributed by atoms with Gasteiger partial charge in [0, 0.05) is 19.4 Å². The van der Waals surface area contributed by atoms with E-state index in [0.29, 0.717) is 31.4 Å². The smallest absolute Gasteiger partial charge is 0.407 e. The monoisotopic (exact) mass is 404 g/mol. The first-order valence-electron chi connectivity index (χ1n) is 8.95. The highest BCUT2D eigenvalue weighted by atomic mass is 16.7. The van der Waals surface area contributed by atoms with Gasteiger partial charge in [0.15, 0.2) is 0 Å². The summed E-state index contributed by atoms with van der Waals surface area (Å²) in [6.07, 6.45) is -0.415. The van der Waals surface area contributed by atoms with E-state index in [0.717, 1.165) is 0 Å². The van der Waals surface area contributed by atoms with E-state index in [2.05, 4.69) is 10.2 Å². The van der Waals surface area contributed by atoms with E-state index in [1.54, 1.807) is 20.8 Å². The maximum Gasteiger partial charge on any atom is 0.407 e. The fourth-order valence-corrected chi connectivity index (χ4v) is 1.92. The van der Waals surface area contributed by atoms with Gasteiger partial charge in [-0.15, -0.1) is 5.06 Å². The van der Waals surface area contributed by atoms with Gasteiger partial charge in [0.25, 0.3) is 11.8 Å². The van der Waals surface area contributed by atoms with Gasteiger partial charge in [0.2, 0.25) is 0 Å². The lowest BCUT2D eigenvalue weighted by molar-refractivity contribution is -0.200. The van der Waals surface area contributed by atoms with Gasteiger partial charge in [-0.2, -0.15) is 0 Å². The van der Waals surface area contributed by atoms with Crippen molar-refractivity contribution >= 4 is 23.9 Å². The maximum absolute atomic E-state index is 11.5. The van der Waals surface area contributed by atoms with Crippen LogP contribution in [0.4, 0.5) is 4.79 Å². The van der Waals surface area contributed by atoms with Crippen molar-refractivity contribution in [2.75, 3.05) is 46.2 Å². The molecule has 1 N–H and O–H groups in total. The van der Waals surface area contributed by atoms with Crippen LogP contribution in [0, 0.1) is 0 Å². The van der Waals surface area contributed by atoms with Gasteiger partial charge in [-0.25, -0.2) is 9.59 Å². The van der Waals surface area contributed by atoms with Crippen LogP contribution in [0.2, 0.25) is 0 Å². The SMILES string of the molecule is CC(C)(C)OC(=O)NCCOCCOCCOCC(=O)ON1C(=O)CCC1=O. The maximum atomic E-state index is 11.5. The van der Waals surface area contributed by atoms with Crippen molar-refractivity contribution in [3.63, 3.8) is 0 Å². The number of hydrogen-bond donors (Lipinski definition) is 1. The van der Waals surface area contributed by atoms with E-state index in [-0.39, 0.29) is 26.1 Å². The predicted molar refractivity (Wildman–Crippen MR) is 93.9 cm³/mol. The highest BCUT2D eigenvalue weighted by molar-refractivity contribution is 6.01. The Morgan fingerprint density at radius 2 is 1.46 bits per heavy atom. The molecule has 0 radical (unpaired) electrons. The standard InChI is InChI=1S/C17H28N2O9/c1-17(2,3)27-16(23)18-6-7-24-8-9-25-10-11-26-12-15(22)28-19-13(20)4-5-14(19)21/h4-12H2,1-3H3,(H,18,23). The summed E-state index contributed by atoms with van der Waals surface area (Å²) in [5.41, 5.74) is -0.541. The molecule has 0 atom stereocenters. The Hall–Kier alpha value is -2.24. The predicted octanol–water partition coefficient (Wildman–Crippen LogP) is 0.168. The molecule has 0 unspecified atom stereocenters. The van der Waals surface area contributed by atoms with Crippen LogP contribution in [-0.4, -0.2) is 80.7 Å². The average Bonchev–Trinajstić information content (AvgIpc) is 2.90. The first-order chi connectivity index (χ1) is 13.2. The van der Waals surface area contributed by atoms with Gasteiger partial charge in [0.1, 0.15) is 12.2 Å². The second-order valence-electron chi connectivity index (χ2n) is 6.75. The quantitative estimate of drug-likeness (QED) is 0.357. The average molecular weight is 404 g/mol. The lowest BCUT2D eigenvalue weighted by Gasteiger charge is -2.19. The molecule has 0 aromatic heterocycles. The van der Waals surface area contributed by atoms with Crippen LogP contribution in [0.3, 0.4) is 0 Å². The van der Waals surface area contributed by atoms with Gasteiger partial charge >= 0.3 is 12.1 Å². The molecule has 1 heterocycles. The molecule has 0 aliphatic carbocycles. The van der Waals surface area contributed by atoms with E-state index in [9.17, 15) is 19.2 Å². The molecule has 1 fully saturated rings. The van der Waals surface area contributed by atoms with Gasteiger partial charge in [-0.1, -0.05) is 0 Å². The third kappa shape index (κ3) is 10.8. The van der Waals surface area contributed by atoms with Crippen molar-refractivity contribution in [3.05, 3.63) is 0 Å². The highest BCUT2D eigenvalue weighted by Gasteiger charge is 2.32.